The van der Waals surface area contributed by atoms with Gasteiger partial charge in [0.2, 0.25) is 0 Å². The first-order valence-electron chi connectivity index (χ1n) is 25.7. The monoisotopic (exact) mass is 807 g/mol. The predicted octanol–water partition coefficient (Wildman–Crippen LogP) is 17.6. The Kier molecular flexibility index (Phi) is 25.8. The van der Waals surface area contributed by atoms with Crippen molar-refractivity contribution in [3.63, 3.8) is 0 Å². The van der Waals surface area contributed by atoms with Gasteiger partial charge in [-0.2, -0.15) is 0 Å². The lowest BCUT2D eigenvalue weighted by Gasteiger charge is -2.53. The first-order valence-corrected chi connectivity index (χ1v) is 27.4. The zero-order chi connectivity index (χ0) is 40.1. The summed E-state index contributed by atoms with van der Waals surface area (Å²) in [6, 6.07) is 0. The average molecular weight is 807 g/mol. The van der Waals surface area contributed by atoms with Crippen LogP contribution in [0.1, 0.15) is 257 Å². The third kappa shape index (κ3) is 15.8. The molecule has 0 aromatic carbocycles. The SMILES string of the molecule is CO[Si](OC)(OC)C(/C1=C\CCCCCCCCCC1)(/C1=C\CCCCCCCCCC1)C(/C1=C\CCCCCCCCCC1)/C1=C\CCCCCCCCCC1. The minimum absolute atomic E-state index is 0.230. The molecule has 4 aliphatic carbocycles. The van der Waals surface area contributed by atoms with Crippen molar-refractivity contribution in [2.24, 2.45) is 5.92 Å². The van der Waals surface area contributed by atoms with Crippen LogP contribution in [0, 0.1) is 5.92 Å². The molecule has 0 atom stereocenters. The van der Waals surface area contributed by atoms with Gasteiger partial charge >= 0.3 is 8.80 Å². The molecule has 0 heterocycles. The van der Waals surface area contributed by atoms with Crippen LogP contribution in [0.2, 0.25) is 5.04 Å². The molecule has 0 unspecified atom stereocenters. The van der Waals surface area contributed by atoms with Gasteiger partial charge in [0.25, 0.3) is 0 Å². The van der Waals surface area contributed by atoms with E-state index in [0.717, 1.165) is 25.7 Å². The van der Waals surface area contributed by atoms with Crippen molar-refractivity contribution in [3.05, 3.63) is 46.6 Å². The molecule has 328 valence electrons. The molecule has 4 aliphatic rings. The molecular weight excluding hydrogens is 713 g/mol. The molecule has 0 N–H and O–H groups in total. The fourth-order valence-electron chi connectivity index (χ4n) is 11.6. The maximum Gasteiger partial charge on any atom is 0.516 e. The second-order valence-corrected chi connectivity index (χ2v) is 22.0. The van der Waals surface area contributed by atoms with Crippen molar-refractivity contribution in [1.29, 1.82) is 0 Å². The minimum atomic E-state index is -3.44. The molecule has 0 aliphatic heterocycles. The second-order valence-electron chi connectivity index (χ2n) is 18.9. The smallest absolute Gasteiger partial charge is 0.376 e. The summed E-state index contributed by atoms with van der Waals surface area (Å²) in [4.78, 5) is 0. The summed E-state index contributed by atoms with van der Waals surface area (Å²) >= 11 is 0. The summed E-state index contributed by atoms with van der Waals surface area (Å²) in [6.45, 7) is 0. The molecule has 3 nitrogen and oxygen atoms in total. The molecule has 4 heteroatoms. The van der Waals surface area contributed by atoms with Crippen LogP contribution in [0.25, 0.3) is 0 Å². The van der Waals surface area contributed by atoms with E-state index >= 15 is 0 Å². The zero-order valence-corrected chi connectivity index (χ0v) is 39.4. The van der Waals surface area contributed by atoms with Crippen LogP contribution in [0.5, 0.6) is 0 Å². The quantitative estimate of drug-likeness (QED) is 0.172. The molecule has 0 amide bonds. The molecule has 0 saturated heterocycles. The van der Waals surface area contributed by atoms with Crippen LogP contribution < -0.4 is 0 Å². The van der Waals surface area contributed by atoms with Crippen LogP contribution in [-0.4, -0.2) is 30.1 Å². The second kappa shape index (κ2) is 30.1. The van der Waals surface area contributed by atoms with Crippen LogP contribution in [-0.2, 0) is 13.3 Å². The molecule has 0 bridgehead atoms. The van der Waals surface area contributed by atoms with Crippen LogP contribution >= 0.6 is 0 Å². The Bertz CT molecular complexity index is 1080. The van der Waals surface area contributed by atoms with Gasteiger partial charge in [0.1, 0.15) is 0 Å². The third-order valence-corrected chi connectivity index (χ3v) is 18.2. The average Bonchev–Trinajstić information content (AvgIpc) is 3.20. The van der Waals surface area contributed by atoms with Gasteiger partial charge in [-0.05, 0) is 103 Å². The summed E-state index contributed by atoms with van der Waals surface area (Å²) in [7, 11) is 2.48. The molecular formula is C53H94O3Si. The van der Waals surface area contributed by atoms with E-state index in [4.69, 9.17) is 13.3 Å². The molecule has 0 aromatic rings. The maximum atomic E-state index is 7.15. The van der Waals surface area contributed by atoms with Crippen molar-refractivity contribution < 1.29 is 13.3 Å². The molecule has 0 spiro atoms. The van der Waals surface area contributed by atoms with Gasteiger partial charge in [0.05, 0.1) is 5.04 Å². The van der Waals surface area contributed by atoms with E-state index in [0.29, 0.717) is 0 Å². The fraction of sp³-hybridized carbons (Fsp3) is 0.849. The van der Waals surface area contributed by atoms with Gasteiger partial charge in [0, 0.05) is 27.2 Å². The first-order chi connectivity index (χ1) is 28.2. The highest BCUT2D eigenvalue weighted by Crippen LogP contribution is 2.65. The van der Waals surface area contributed by atoms with Gasteiger partial charge < -0.3 is 13.3 Å². The van der Waals surface area contributed by atoms with E-state index in [1.54, 1.807) is 22.3 Å². The Hall–Kier alpha value is -0.943. The van der Waals surface area contributed by atoms with Crippen molar-refractivity contribution in [1.82, 2.24) is 0 Å². The molecule has 0 saturated carbocycles. The van der Waals surface area contributed by atoms with Gasteiger partial charge in [-0.15, -0.1) is 0 Å². The van der Waals surface area contributed by atoms with Crippen molar-refractivity contribution in [2.75, 3.05) is 21.3 Å². The van der Waals surface area contributed by atoms with Crippen molar-refractivity contribution >= 4 is 8.80 Å². The Morgan fingerprint density at radius 1 is 0.333 bits per heavy atom. The lowest BCUT2D eigenvalue weighted by atomic mass is 9.66. The number of hydrogen-bond acceptors (Lipinski definition) is 3. The zero-order valence-electron chi connectivity index (χ0n) is 38.4. The fourth-order valence-corrected chi connectivity index (χ4v) is 15.0. The Morgan fingerprint density at radius 3 is 0.877 bits per heavy atom. The summed E-state index contributed by atoms with van der Waals surface area (Å²) in [5, 5.41) is -0.439. The van der Waals surface area contributed by atoms with Gasteiger partial charge in [-0.1, -0.05) is 201 Å². The topological polar surface area (TPSA) is 27.7 Å². The van der Waals surface area contributed by atoms with Crippen molar-refractivity contribution in [3.8, 4) is 0 Å². The van der Waals surface area contributed by atoms with Gasteiger partial charge in [0.15, 0.2) is 0 Å². The van der Waals surface area contributed by atoms with E-state index in [1.807, 2.05) is 21.3 Å². The number of hydrogen-bond donors (Lipinski definition) is 0. The molecule has 0 fully saturated rings. The van der Waals surface area contributed by atoms with E-state index in [1.165, 1.54) is 231 Å². The normalized spacial score (nSPS) is 27.1. The van der Waals surface area contributed by atoms with E-state index in [2.05, 4.69) is 24.3 Å². The maximum absolute atomic E-state index is 7.15. The van der Waals surface area contributed by atoms with Gasteiger partial charge in [-0.25, -0.2) is 0 Å². The third-order valence-electron chi connectivity index (χ3n) is 14.7. The Labute approximate surface area is 356 Å². The largest absolute Gasteiger partial charge is 0.516 e. The van der Waals surface area contributed by atoms with Crippen LogP contribution in [0.3, 0.4) is 0 Å². The number of rotatable bonds is 9. The summed E-state index contributed by atoms with van der Waals surface area (Å²) < 4.78 is 21.4. The van der Waals surface area contributed by atoms with Gasteiger partial charge in [-0.3, -0.25) is 0 Å². The van der Waals surface area contributed by atoms with E-state index in [-0.39, 0.29) is 5.92 Å². The molecule has 4 rings (SSSR count). The molecule has 57 heavy (non-hydrogen) atoms. The highest BCUT2D eigenvalue weighted by atomic mass is 28.4. The van der Waals surface area contributed by atoms with E-state index in [9.17, 15) is 0 Å². The molecule has 0 aromatic heterocycles. The van der Waals surface area contributed by atoms with E-state index < -0.39 is 13.8 Å². The summed E-state index contributed by atoms with van der Waals surface area (Å²) in [5.74, 6) is 0.230. The van der Waals surface area contributed by atoms with Crippen molar-refractivity contribution in [2.45, 2.75) is 262 Å². The summed E-state index contributed by atoms with van der Waals surface area (Å²) in [6.07, 6.45) is 64.0. The molecule has 0 radical (unpaired) electrons. The van der Waals surface area contributed by atoms with Crippen LogP contribution in [0.4, 0.5) is 0 Å². The Morgan fingerprint density at radius 2 is 0.579 bits per heavy atom. The highest BCUT2D eigenvalue weighted by molar-refractivity contribution is 6.66. The Balaban J connectivity index is 2.10. The highest BCUT2D eigenvalue weighted by Gasteiger charge is 2.67. The minimum Gasteiger partial charge on any atom is -0.376 e. The lowest BCUT2D eigenvalue weighted by Crippen LogP contribution is -2.60. The van der Waals surface area contributed by atoms with Crippen LogP contribution in [0.15, 0.2) is 46.6 Å². The number of allylic oxidation sites excluding steroid dienone is 8. The first kappa shape index (κ1) is 48.7. The summed E-state index contributed by atoms with van der Waals surface area (Å²) in [5.41, 5.74) is 6.72. The standard InChI is InChI=1S/C53H94O3Si/c1-54-57(55-2,56-3)53(50-44-36-28-20-12-6-13-21-29-37-45-50,51-46-38-30-22-14-7-15-23-31-39-47-51)52(48-40-32-24-16-8-4-9-17-25-33-41-48)49-42-34-26-18-10-5-11-19-27-35-43-49/h40,42,44,46,52H,4-39,41,43,45,47H2,1-3H3/b48-40-,49-42-,50-44-,51-46-. The predicted molar refractivity (Wildman–Crippen MR) is 250 cm³/mol. The lowest BCUT2D eigenvalue weighted by molar-refractivity contribution is 0.0928.